The van der Waals surface area contributed by atoms with E-state index in [4.69, 9.17) is 4.74 Å². The van der Waals surface area contributed by atoms with Crippen molar-refractivity contribution in [1.29, 1.82) is 0 Å². The molecule has 2 saturated heterocycles. The van der Waals surface area contributed by atoms with Gasteiger partial charge in [0.2, 0.25) is 0 Å². The van der Waals surface area contributed by atoms with Crippen LogP contribution in [0.1, 0.15) is 32.6 Å². The third-order valence-electron chi connectivity index (χ3n) is 3.96. The molecular formula is C13H26N2O. The van der Waals surface area contributed by atoms with E-state index in [-0.39, 0.29) is 0 Å². The van der Waals surface area contributed by atoms with Gasteiger partial charge in [0.25, 0.3) is 0 Å². The van der Waals surface area contributed by atoms with Gasteiger partial charge in [-0.05, 0) is 65.2 Å². The second-order valence-electron chi connectivity index (χ2n) is 5.55. The fourth-order valence-corrected chi connectivity index (χ4v) is 2.75. The first-order chi connectivity index (χ1) is 7.74. The summed E-state index contributed by atoms with van der Waals surface area (Å²) < 4.78 is 5.80. The maximum Gasteiger partial charge on any atom is 0.0704 e. The zero-order valence-corrected chi connectivity index (χ0v) is 10.7. The summed E-state index contributed by atoms with van der Waals surface area (Å²) in [5.74, 6) is 0.884. The van der Waals surface area contributed by atoms with Crippen molar-refractivity contribution in [3.05, 3.63) is 0 Å². The summed E-state index contributed by atoms with van der Waals surface area (Å²) in [5, 5.41) is 3.59. The highest BCUT2D eigenvalue weighted by atomic mass is 16.5. The van der Waals surface area contributed by atoms with Crippen LogP contribution in [0.2, 0.25) is 0 Å². The maximum absolute atomic E-state index is 5.80. The zero-order chi connectivity index (χ0) is 11.4. The Morgan fingerprint density at radius 2 is 1.88 bits per heavy atom. The van der Waals surface area contributed by atoms with Crippen LogP contribution in [0.15, 0.2) is 0 Å². The van der Waals surface area contributed by atoms with E-state index in [1.54, 1.807) is 0 Å². The molecule has 0 aliphatic carbocycles. The Kier molecular flexibility index (Phi) is 4.62. The van der Waals surface area contributed by atoms with Crippen LogP contribution in [0.3, 0.4) is 0 Å². The SMILES string of the molecule is CC1CCC(CNCC2CCN(C)CC2)O1. The number of hydrogen-bond acceptors (Lipinski definition) is 3. The van der Waals surface area contributed by atoms with Gasteiger partial charge in [-0.2, -0.15) is 0 Å². The topological polar surface area (TPSA) is 24.5 Å². The molecular weight excluding hydrogens is 200 g/mol. The van der Waals surface area contributed by atoms with E-state index in [0.29, 0.717) is 12.2 Å². The molecule has 0 radical (unpaired) electrons. The normalized spacial score (nSPS) is 33.4. The minimum Gasteiger partial charge on any atom is -0.374 e. The smallest absolute Gasteiger partial charge is 0.0704 e. The molecule has 2 fully saturated rings. The van der Waals surface area contributed by atoms with Crippen LogP contribution < -0.4 is 5.32 Å². The summed E-state index contributed by atoms with van der Waals surface area (Å²) in [6, 6.07) is 0. The first-order valence-corrected chi connectivity index (χ1v) is 6.79. The van der Waals surface area contributed by atoms with Gasteiger partial charge in [0.05, 0.1) is 12.2 Å². The Morgan fingerprint density at radius 3 is 2.50 bits per heavy atom. The van der Waals surface area contributed by atoms with Gasteiger partial charge in [0.1, 0.15) is 0 Å². The van der Waals surface area contributed by atoms with Gasteiger partial charge in [0, 0.05) is 6.54 Å². The second-order valence-corrected chi connectivity index (χ2v) is 5.55. The number of nitrogens with zero attached hydrogens (tertiary/aromatic N) is 1. The van der Waals surface area contributed by atoms with Crippen molar-refractivity contribution in [2.75, 3.05) is 33.2 Å². The molecule has 0 bridgehead atoms. The van der Waals surface area contributed by atoms with Gasteiger partial charge in [-0.1, -0.05) is 0 Å². The average Bonchev–Trinajstić information content (AvgIpc) is 2.67. The van der Waals surface area contributed by atoms with Gasteiger partial charge in [-0.25, -0.2) is 0 Å². The number of nitrogens with one attached hydrogen (secondary N) is 1. The molecule has 2 atom stereocenters. The molecule has 0 amide bonds. The van der Waals surface area contributed by atoms with Crippen LogP contribution >= 0.6 is 0 Å². The average molecular weight is 226 g/mol. The monoisotopic (exact) mass is 226 g/mol. The lowest BCUT2D eigenvalue weighted by molar-refractivity contribution is 0.0550. The van der Waals surface area contributed by atoms with Gasteiger partial charge >= 0.3 is 0 Å². The lowest BCUT2D eigenvalue weighted by atomic mass is 9.97. The van der Waals surface area contributed by atoms with Crippen molar-refractivity contribution in [1.82, 2.24) is 10.2 Å². The van der Waals surface area contributed by atoms with E-state index in [9.17, 15) is 0 Å². The Bertz CT molecular complexity index is 202. The molecule has 2 aliphatic heterocycles. The lowest BCUT2D eigenvalue weighted by Crippen LogP contribution is -2.37. The molecule has 3 nitrogen and oxygen atoms in total. The molecule has 0 aromatic rings. The van der Waals surface area contributed by atoms with Crippen molar-refractivity contribution in [3.8, 4) is 0 Å². The van der Waals surface area contributed by atoms with Crippen LogP contribution in [0.4, 0.5) is 0 Å². The molecule has 2 rings (SSSR count). The summed E-state index contributed by atoms with van der Waals surface area (Å²) in [6.45, 7) is 6.95. The Labute approximate surface area is 99.5 Å². The van der Waals surface area contributed by atoms with Crippen molar-refractivity contribution in [2.24, 2.45) is 5.92 Å². The fourth-order valence-electron chi connectivity index (χ4n) is 2.75. The largest absolute Gasteiger partial charge is 0.374 e. The highest BCUT2D eigenvalue weighted by Crippen LogP contribution is 2.19. The molecule has 3 heteroatoms. The number of rotatable bonds is 4. The molecule has 0 aromatic carbocycles. The molecule has 2 unspecified atom stereocenters. The van der Waals surface area contributed by atoms with Crippen molar-refractivity contribution >= 4 is 0 Å². The summed E-state index contributed by atoms with van der Waals surface area (Å²) in [7, 11) is 2.22. The highest BCUT2D eigenvalue weighted by Gasteiger charge is 2.22. The van der Waals surface area contributed by atoms with Gasteiger partial charge < -0.3 is 15.0 Å². The summed E-state index contributed by atoms with van der Waals surface area (Å²) in [6.07, 6.45) is 6.13. The van der Waals surface area contributed by atoms with Crippen molar-refractivity contribution in [2.45, 2.75) is 44.8 Å². The minimum atomic E-state index is 0.473. The Hall–Kier alpha value is -0.120. The van der Waals surface area contributed by atoms with Crippen molar-refractivity contribution in [3.63, 3.8) is 0 Å². The highest BCUT2D eigenvalue weighted by molar-refractivity contribution is 4.75. The van der Waals surface area contributed by atoms with E-state index < -0.39 is 0 Å². The number of likely N-dealkylation sites (tertiary alicyclic amines) is 1. The van der Waals surface area contributed by atoms with Crippen LogP contribution in [-0.4, -0.2) is 50.3 Å². The third kappa shape index (κ3) is 3.72. The van der Waals surface area contributed by atoms with Crippen LogP contribution in [0.25, 0.3) is 0 Å². The molecule has 94 valence electrons. The van der Waals surface area contributed by atoms with E-state index in [1.807, 2.05) is 0 Å². The molecule has 2 heterocycles. The lowest BCUT2D eigenvalue weighted by Gasteiger charge is -2.29. The number of ether oxygens (including phenoxy) is 1. The maximum atomic E-state index is 5.80. The number of hydrogen-bond donors (Lipinski definition) is 1. The third-order valence-corrected chi connectivity index (χ3v) is 3.96. The predicted molar refractivity (Wildman–Crippen MR) is 66.7 cm³/mol. The Morgan fingerprint density at radius 1 is 1.12 bits per heavy atom. The molecule has 2 aliphatic rings. The van der Waals surface area contributed by atoms with Crippen LogP contribution in [-0.2, 0) is 4.74 Å². The quantitative estimate of drug-likeness (QED) is 0.786. The zero-order valence-electron chi connectivity index (χ0n) is 10.7. The predicted octanol–water partition coefficient (Wildman–Crippen LogP) is 1.49. The Balaban J connectivity index is 1.54. The first-order valence-electron chi connectivity index (χ1n) is 6.79. The number of piperidine rings is 1. The van der Waals surface area contributed by atoms with E-state index in [0.717, 1.165) is 12.5 Å². The summed E-state index contributed by atoms with van der Waals surface area (Å²) in [5.41, 5.74) is 0. The molecule has 0 spiro atoms. The van der Waals surface area contributed by atoms with E-state index in [2.05, 4.69) is 24.2 Å². The first kappa shape index (κ1) is 12.3. The van der Waals surface area contributed by atoms with Gasteiger partial charge in [0.15, 0.2) is 0 Å². The summed E-state index contributed by atoms with van der Waals surface area (Å²) in [4.78, 5) is 2.43. The van der Waals surface area contributed by atoms with Crippen LogP contribution in [0.5, 0.6) is 0 Å². The standard InChI is InChI=1S/C13H26N2O/c1-11-3-4-13(16-11)10-14-9-12-5-7-15(2)8-6-12/h11-14H,3-10H2,1-2H3. The molecule has 16 heavy (non-hydrogen) atoms. The molecule has 0 saturated carbocycles. The summed E-state index contributed by atoms with van der Waals surface area (Å²) >= 11 is 0. The van der Waals surface area contributed by atoms with E-state index in [1.165, 1.54) is 45.3 Å². The van der Waals surface area contributed by atoms with Gasteiger partial charge in [-0.3, -0.25) is 0 Å². The molecule has 1 N–H and O–H groups in total. The van der Waals surface area contributed by atoms with E-state index >= 15 is 0 Å². The second kappa shape index (κ2) is 5.99. The van der Waals surface area contributed by atoms with Crippen molar-refractivity contribution < 1.29 is 4.74 Å². The minimum absolute atomic E-state index is 0.473. The van der Waals surface area contributed by atoms with Crippen LogP contribution in [0, 0.1) is 5.92 Å². The molecule has 0 aromatic heterocycles. The fraction of sp³-hybridized carbons (Fsp3) is 1.00. The van der Waals surface area contributed by atoms with Gasteiger partial charge in [-0.15, -0.1) is 0 Å².